The van der Waals surface area contributed by atoms with Crippen LogP contribution >= 0.6 is 0 Å². The van der Waals surface area contributed by atoms with Crippen LogP contribution in [-0.2, 0) is 16.7 Å². The number of pyridine rings is 1. The molecule has 3 aromatic carbocycles. The highest BCUT2D eigenvalue weighted by Crippen LogP contribution is 2.31. The molecule has 2 heterocycles. The van der Waals surface area contributed by atoms with E-state index in [1.54, 1.807) is 24.3 Å². The average Bonchev–Trinajstić information content (AvgIpc) is 3.21. The van der Waals surface area contributed by atoms with Crippen LogP contribution < -0.4 is 9.50 Å². The fraction of sp³-hybridized carbons (Fsp3) is 0.0741. The number of benzene rings is 3. The molecule has 0 atom stereocenters. The second kappa shape index (κ2) is 9.23. The molecule has 0 aliphatic heterocycles. The van der Waals surface area contributed by atoms with E-state index in [9.17, 15) is 12.8 Å². The minimum atomic E-state index is -4.08. The Kier molecular flexibility index (Phi) is 5.96. The largest absolute Gasteiger partial charge is 0.379 e. The maximum Gasteiger partial charge on any atom is 0.339 e. The van der Waals surface area contributed by atoms with E-state index in [1.165, 1.54) is 12.1 Å². The summed E-state index contributed by atoms with van der Waals surface area (Å²) in [5, 5.41) is 3.49. The van der Waals surface area contributed by atoms with Crippen LogP contribution in [0.15, 0.2) is 102 Å². The number of fused-ring (bicyclic) bond motifs is 1. The fourth-order valence-corrected chi connectivity index (χ4v) is 4.67. The van der Waals surface area contributed by atoms with E-state index in [0.717, 1.165) is 46.0 Å². The first-order valence-electron chi connectivity index (χ1n) is 11.0. The number of hydrogen-bond acceptors (Lipinski definition) is 5. The number of anilines is 1. The molecule has 0 saturated heterocycles. The van der Waals surface area contributed by atoms with Gasteiger partial charge < -0.3 is 9.50 Å². The number of imidazole rings is 1. The predicted molar refractivity (Wildman–Crippen MR) is 133 cm³/mol. The lowest BCUT2D eigenvalue weighted by atomic mass is 10.1. The van der Waals surface area contributed by atoms with Crippen LogP contribution in [0, 0.1) is 12.7 Å². The monoisotopic (exact) mass is 487 g/mol. The topological polar surface area (TPSA) is 72.7 Å². The molecular weight excluding hydrogens is 465 g/mol. The molecule has 35 heavy (non-hydrogen) atoms. The summed E-state index contributed by atoms with van der Waals surface area (Å²) < 4.78 is 45.4. The molecule has 0 aliphatic carbocycles. The third-order valence-corrected chi connectivity index (χ3v) is 6.78. The average molecular weight is 488 g/mol. The number of hydrogen-bond donors (Lipinski definition) is 1. The Labute approximate surface area is 202 Å². The Morgan fingerprint density at radius 2 is 1.66 bits per heavy atom. The molecule has 0 amide bonds. The summed E-state index contributed by atoms with van der Waals surface area (Å²) in [6.45, 7) is 2.63. The SMILES string of the molecule is Cc1ccn2c(NCc3ccccc3)c(-c3ccc(OS(=O)(=O)c4ccc(F)cc4)cc3)nc2c1. The highest BCUT2D eigenvalue weighted by molar-refractivity contribution is 7.87. The molecule has 5 aromatic rings. The first-order chi connectivity index (χ1) is 16.9. The third-order valence-electron chi connectivity index (χ3n) is 5.52. The van der Waals surface area contributed by atoms with Gasteiger partial charge in [0, 0.05) is 18.3 Å². The van der Waals surface area contributed by atoms with Crippen molar-refractivity contribution in [1.82, 2.24) is 9.38 Å². The third kappa shape index (κ3) is 4.88. The molecule has 0 spiro atoms. The van der Waals surface area contributed by atoms with Gasteiger partial charge in [-0.3, -0.25) is 4.40 Å². The second-order valence-electron chi connectivity index (χ2n) is 8.10. The Morgan fingerprint density at radius 3 is 2.37 bits per heavy atom. The van der Waals surface area contributed by atoms with E-state index >= 15 is 0 Å². The van der Waals surface area contributed by atoms with Crippen molar-refractivity contribution in [2.24, 2.45) is 0 Å². The van der Waals surface area contributed by atoms with Gasteiger partial charge in [-0.2, -0.15) is 8.42 Å². The zero-order valence-electron chi connectivity index (χ0n) is 18.9. The predicted octanol–water partition coefficient (Wildman–Crippen LogP) is 5.83. The lowest BCUT2D eigenvalue weighted by Gasteiger charge is -2.10. The van der Waals surface area contributed by atoms with Gasteiger partial charge in [-0.15, -0.1) is 0 Å². The minimum Gasteiger partial charge on any atom is -0.379 e. The van der Waals surface area contributed by atoms with Crippen LogP contribution in [0.3, 0.4) is 0 Å². The molecule has 5 rings (SSSR count). The van der Waals surface area contributed by atoms with E-state index in [-0.39, 0.29) is 10.6 Å². The zero-order chi connectivity index (χ0) is 24.4. The molecular formula is C27H22FN3O3S. The van der Waals surface area contributed by atoms with Gasteiger partial charge in [-0.05, 0) is 78.7 Å². The lowest BCUT2D eigenvalue weighted by molar-refractivity contribution is 0.486. The summed E-state index contributed by atoms with van der Waals surface area (Å²) in [6.07, 6.45) is 1.97. The number of aryl methyl sites for hydroxylation is 1. The maximum absolute atomic E-state index is 13.1. The van der Waals surface area contributed by atoms with Crippen LogP contribution in [0.1, 0.15) is 11.1 Å². The van der Waals surface area contributed by atoms with Crippen molar-refractivity contribution in [2.75, 3.05) is 5.32 Å². The van der Waals surface area contributed by atoms with Crippen molar-refractivity contribution in [2.45, 2.75) is 18.4 Å². The number of nitrogens with zero attached hydrogens (tertiary/aromatic N) is 2. The zero-order valence-corrected chi connectivity index (χ0v) is 19.7. The highest BCUT2D eigenvalue weighted by atomic mass is 32.2. The normalized spacial score (nSPS) is 11.5. The van der Waals surface area contributed by atoms with Crippen LogP contribution in [-0.4, -0.2) is 17.8 Å². The molecule has 0 bridgehead atoms. The van der Waals surface area contributed by atoms with Crippen LogP contribution in [0.2, 0.25) is 0 Å². The Bertz CT molecular complexity index is 1580. The van der Waals surface area contributed by atoms with Gasteiger partial charge in [-0.25, -0.2) is 9.37 Å². The molecule has 2 aromatic heterocycles. The maximum atomic E-state index is 13.1. The van der Waals surface area contributed by atoms with Crippen LogP contribution in [0.4, 0.5) is 10.2 Å². The van der Waals surface area contributed by atoms with Crippen LogP contribution in [0.25, 0.3) is 16.9 Å². The Hall–Kier alpha value is -4.17. The quantitative estimate of drug-likeness (QED) is 0.293. The van der Waals surface area contributed by atoms with Gasteiger partial charge in [0.15, 0.2) is 0 Å². The number of aromatic nitrogens is 2. The molecule has 0 fully saturated rings. The first kappa shape index (κ1) is 22.6. The van der Waals surface area contributed by atoms with Gasteiger partial charge in [0.1, 0.15) is 33.6 Å². The Morgan fingerprint density at radius 1 is 0.943 bits per heavy atom. The van der Waals surface area contributed by atoms with Crippen molar-refractivity contribution < 1.29 is 17.0 Å². The molecule has 0 saturated carbocycles. The molecule has 0 radical (unpaired) electrons. The van der Waals surface area contributed by atoms with Crippen molar-refractivity contribution in [3.05, 3.63) is 114 Å². The van der Waals surface area contributed by atoms with E-state index in [4.69, 9.17) is 9.17 Å². The highest BCUT2D eigenvalue weighted by Gasteiger charge is 2.18. The van der Waals surface area contributed by atoms with E-state index < -0.39 is 15.9 Å². The molecule has 6 nitrogen and oxygen atoms in total. The summed E-state index contributed by atoms with van der Waals surface area (Å²) in [5.41, 5.74) is 4.57. The first-order valence-corrected chi connectivity index (χ1v) is 12.4. The van der Waals surface area contributed by atoms with E-state index in [2.05, 4.69) is 5.32 Å². The Balaban J connectivity index is 1.45. The van der Waals surface area contributed by atoms with Gasteiger partial charge >= 0.3 is 10.1 Å². The van der Waals surface area contributed by atoms with Gasteiger partial charge in [-0.1, -0.05) is 30.3 Å². The van der Waals surface area contributed by atoms with Crippen molar-refractivity contribution in [3.63, 3.8) is 0 Å². The van der Waals surface area contributed by atoms with E-state index in [1.807, 2.05) is 60.0 Å². The summed E-state index contributed by atoms with van der Waals surface area (Å²) in [5.74, 6) is 0.459. The van der Waals surface area contributed by atoms with Crippen molar-refractivity contribution >= 4 is 21.6 Å². The fourth-order valence-electron chi connectivity index (χ4n) is 3.74. The van der Waals surface area contributed by atoms with Crippen LogP contribution in [0.5, 0.6) is 5.75 Å². The second-order valence-corrected chi connectivity index (χ2v) is 9.64. The molecule has 0 unspecified atom stereocenters. The summed E-state index contributed by atoms with van der Waals surface area (Å²) >= 11 is 0. The lowest BCUT2D eigenvalue weighted by Crippen LogP contribution is -2.09. The van der Waals surface area contributed by atoms with Gasteiger partial charge in [0.2, 0.25) is 0 Å². The summed E-state index contributed by atoms with van der Waals surface area (Å²) in [4.78, 5) is 4.70. The number of halogens is 1. The molecule has 176 valence electrons. The number of nitrogens with one attached hydrogen (secondary N) is 1. The number of rotatable bonds is 7. The van der Waals surface area contributed by atoms with Crippen molar-refractivity contribution in [3.8, 4) is 17.0 Å². The van der Waals surface area contributed by atoms with Gasteiger partial charge in [0.25, 0.3) is 0 Å². The molecule has 8 heteroatoms. The van der Waals surface area contributed by atoms with Gasteiger partial charge in [0.05, 0.1) is 0 Å². The summed E-state index contributed by atoms with van der Waals surface area (Å²) in [7, 11) is -4.08. The minimum absolute atomic E-state index is 0.119. The van der Waals surface area contributed by atoms with Crippen molar-refractivity contribution in [1.29, 1.82) is 0 Å². The molecule has 1 N–H and O–H groups in total. The molecule has 0 aliphatic rings. The summed E-state index contributed by atoms with van der Waals surface area (Å²) in [6, 6.07) is 25.3. The standard InChI is InChI=1S/C27H22FN3O3S/c1-19-15-16-31-25(17-19)30-26(27(31)29-18-20-5-3-2-4-6-20)21-7-11-23(12-8-21)34-35(32,33)24-13-9-22(28)10-14-24/h2-17,29H,18H2,1H3. The smallest absolute Gasteiger partial charge is 0.339 e. The van der Waals surface area contributed by atoms with E-state index in [0.29, 0.717) is 6.54 Å².